The molecule has 0 aromatic carbocycles. The summed E-state index contributed by atoms with van der Waals surface area (Å²) >= 11 is 1.91. The summed E-state index contributed by atoms with van der Waals surface area (Å²) in [5.41, 5.74) is -0.698. The minimum atomic E-state index is -0.362. The highest BCUT2D eigenvalue weighted by molar-refractivity contribution is 14.1. The number of nitrogens with zero attached hydrogens (tertiary/aromatic N) is 1. The van der Waals surface area contributed by atoms with Gasteiger partial charge in [-0.3, -0.25) is 14.3 Å². The normalized spacial score (nSPS) is 24.1. The Hall–Kier alpha value is -0.630. The number of aliphatic hydroxyl groups is 1. The van der Waals surface area contributed by atoms with Crippen molar-refractivity contribution < 1.29 is 5.11 Å². The second-order valence-electron chi connectivity index (χ2n) is 4.52. The highest BCUT2D eigenvalue weighted by Crippen LogP contribution is 2.32. The molecule has 5 nitrogen and oxygen atoms in total. The van der Waals surface area contributed by atoms with Crippen molar-refractivity contribution in [1.29, 1.82) is 0 Å². The zero-order valence-corrected chi connectivity index (χ0v) is 11.5. The summed E-state index contributed by atoms with van der Waals surface area (Å²) in [6, 6.07) is 0. The molecule has 6 heteroatoms. The molecule has 94 valence electrons. The molecule has 1 aliphatic rings. The van der Waals surface area contributed by atoms with Gasteiger partial charge in [-0.1, -0.05) is 6.42 Å². The van der Waals surface area contributed by atoms with Crippen molar-refractivity contribution in [1.82, 2.24) is 9.55 Å². The number of aromatic amines is 1. The lowest BCUT2D eigenvalue weighted by atomic mass is 9.97. The Morgan fingerprint density at radius 1 is 1.41 bits per heavy atom. The molecule has 0 amide bonds. The summed E-state index contributed by atoms with van der Waals surface area (Å²) in [5.74, 6) is 0.617. The third-order valence-corrected chi connectivity index (χ3v) is 4.22. The maximum atomic E-state index is 11.6. The Labute approximate surface area is 112 Å². The summed E-state index contributed by atoms with van der Waals surface area (Å²) in [6.07, 6.45) is 4.75. The van der Waals surface area contributed by atoms with Gasteiger partial charge in [0.25, 0.3) is 5.56 Å². The SMILES string of the molecule is O=c1[nH]c(=O)n(C[C@H]2CCC[C@@H]2CO)cc1I. The molecule has 0 spiro atoms. The van der Waals surface area contributed by atoms with E-state index in [0.717, 1.165) is 19.3 Å². The minimum Gasteiger partial charge on any atom is -0.396 e. The number of nitrogens with one attached hydrogen (secondary N) is 1. The van der Waals surface area contributed by atoms with Crippen molar-refractivity contribution in [2.75, 3.05) is 6.61 Å². The fourth-order valence-electron chi connectivity index (χ4n) is 2.47. The minimum absolute atomic E-state index is 0.180. The van der Waals surface area contributed by atoms with Gasteiger partial charge in [0, 0.05) is 19.3 Å². The molecule has 2 atom stereocenters. The van der Waals surface area contributed by atoms with Gasteiger partial charge in [-0.25, -0.2) is 4.79 Å². The molecule has 0 aliphatic heterocycles. The van der Waals surface area contributed by atoms with Gasteiger partial charge in [0.05, 0.1) is 3.57 Å². The summed E-state index contributed by atoms with van der Waals surface area (Å²) in [7, 11) is 0. The zero-order valence-electron chi connectivity index (χ0n) is 9.36. The average molecular weight is 350 g/mol. The number of rotatable bonds is 3. The quantitative estimate of drug-likeness (QED) is 0.782. The van der Waals surface area contributed by atoms with E-state index in [0.29, 0.717) is 16.0 Å². The van der Waals surface area contributed by atoms with Crippen LogP contribution < -0.4 is 11.2 Å². The van der Waals surface area contributed by atoms with Crippen LogP contribution in [0.4, 0.5) is 0 Å². The molecule has 1 fully saturated rings. The van der Waals surface area contributed by atoms with Gasteiger partial charge in [-0.2, -0.15) is 0 Å². The van der Waals surface area contributed by atoms with Crippen molar-refractivity contribution >= 4 is 22.6 Å². The van der Waals surface area contributed by atoms with Gasteiger partial charge in [0.15, 0.2) is 0 Å². The van der Waals surface area contributed by atoms with E-state index in [2.05, 4.69) is 4.98 Å². The molecule has 0 radical (unpaired) electrons. The van der Waals surface area contributed by atoms with Crippen LogP contribution in [0.15, 0.2) is 15.8 Å². The van der Waals surface area contributed by atoms with Crippen LogP contribution in [-0.2, 0) is 6.54 Å². The van der Waals surface area contributed by atoms with Crippen LogP contribution in [0.3, 0.4) is 0 Å². The van der Waals surface area contributed by atoms with Crippen molar-refractivity contribution in [3.8, 4) is 0 Å². The highest BCUT2D eigenvalue weighted by Gasteiger charge is 2.27. The van der Waals surface area contributed by atoms with E-state index in [1.165, 1.54) is 0 Å². The average Bonchev–Trinajstić information content (AvgIpc) is 2.73. The molecule has 0 saturated heterocycles. The molecule has 1 aromatic rings. The molecule has 2 N–H and O–H groups in total. The lowest BCUT2D eigenvalue weighted by Crippen LogP contribution is -2.33. The standard InChI is InChI=1S/C11H15IN2O3/c12-9-5-14(11(17)13-10(9)16)4-7-2-1-3-8(7)6-15/h5,7-8,15H,1-4,6H2,(H,13,16,17)/t7-,8-/m1/s1. The molecule has 1 saturated carbocycles. The van der Waals surface area contributed by atoms with E-state index in [-0.39, 0.29) is 23.8 Å². The smallest absolute Gasteiger partial charge is 0.328 e. The number of H-pyrrole nitrogens is 1. The monoisotopic (exact) mass is 350 g/mol. The number of aromatic nitrogens is 2. The van der Waals surface area contributed by atoms with Crippen molar-refractivity contribution in [2.24, 2.45) is 11.8 Å². The molecule has 1 heterocycles. The van der Waals surface area contributed by atoms with E-state index in [4.69, 9.17) is 0 Å². The molecule has 0 unspecified atom stereocenters. The Balaban J connectivity index is 2.21. The van der Waals surface area contributed by atoms with Gasteiger partial charge in [-0.05, 0) is 47.3 Å². The Bertz CT molecular complexity index is 508. The first-order valence-corrected chi connectivity index (χ1v) is 6.80. The Morgan fingerprint density at radius 2 is 2.12 bits per heavy atom. The number of hydrogen-bond acceptors (Lipinski definition) is 3. The lowest BCUT2D eigenvalue weighted by molar-refractivity contribution is 0.183. The van der Waals surface area contributed by atoms with E-state index in [1.54, 1.807) is 10.8 Å². The Kier molecular flexibility index (Phi) is 4.03. The van der Waals surface area contributed by atoms with Crippen molar-refractivity contribution in [3.05, 3.63) is 30.6 Å². The lowest BCUT2D eigenvalue weighted by Gasteiger charge is -2.18. The first kappa shape index (κ1) is 12.8. The Morgan fingerprint density at radius 3 is 2.82 bits per heavy atom. The molecular formula is C11H15IN2O3. The predicted octanol–water partition coefficient (Wildman–Crippen LogP) is 0.550. The summed E-state index contributed by atoms with van der Waals surface area (Å²) in [6.45, 7) is 0.761. The van der Waals surface area contributed by atoms with Crippen LogP contribution in [0, 0.1) is 15.4 Å². The van der Waals surface area contributed by atoms with Gasteiger partial charge >= 0.3 is 5.69 Å². The van der Waals surface area contributed by atoms with Crippen molar-refractivity contribution in [3.63, 3.8) is 0 Å². The first-order valence-electron chi connectivity index (χ1n) is 5.72. The van der Waals surface area contributed by atoms with Crippen molar-refractivity contribution in [2.45, 2.75) is 25.8 Å². The molecule has 2 rings (SSSR count). The van der Waals surface area contributed by atoms with E-state index in [1.807, 2.05) is 22.6 Å². The number of hydrogen-bond donors (Lipinski definition) is 2. The van der Waals surface area contributed by atoms with E-state index < -0.39 is 0 Å². The second-order valence-corrected chi connectivity index (χ2v) is 5.68. The third kappa shape index (κ3) is 2.79. The van der Waals surface area contributed by atoms with Crippen LogP contribution in [-0.4, -0.2) is 21.3 Å². The van der Waals surface area contributed by atoms with Crippen LogP contribution in [0.2, 0.25) is 0 Å². The van der Waals surface area contributed by atoms with Crippen LogP contribution in [0.5, 0.6) is 0 Å². The van der Waals surface area contributed by atoms with Gasteiger partial charge in [-0.15, -0.1) is 0 Å². The van der Waals surface area contributed by atoms with Crippen LogP contribution in [0.25, 0.3) is 0 Å². The predicted molar refractivity (Wildman–Crippen MR) is 72.0 cm³/mol. The fourth-order valence-corrected chi connectivity index (χ4v) is 2.94. The van der Waals surface area contributed by atoms with Gasteiger partial charge in [0.2, 0.25) is 0 Å². The largest absolute Gasteiger partial charge is 0.396 e. The molecule has 17 heavy (non-hydrogen) atoms. The molecular weight excluding hydrogens is 335 g/mol. The van der Waals surface area contributed by atoms with E-state index >= 15 is 0 Å². The highest BCUT2D eigenvalue weighted by atomic mass is 127. The first-order chi connectivity index (χ1) is 8.11. The number of aliphatic hydroxyl groups excluding tert-OH is 1. The summed E-state index contributed by atoms with van der Waals surface area (Å²) < 4.78 is 2.06. The summed E-state index contributed by atoms with van der Waals surface area (Å²) in [4.78, 5) is 25.1. The molecule has 0 bridgehead atoms. The van der Waals surface area contributed by atoms with Crippen LogP contribution in [0.1, 0.15) is 19.3 Å². The van der Waals surface area contributed by atoms with Gasteiger partial charge < -0.3 is 5.11 Å². The van der Waals surface area contributed by atoms with Crippen LogP contribution >= 0.6 is 22.6 Å². The van der Waals surface area contributed by atoms with Gasteiger partial charge in [0.1, 0.15) is 0 Å². The molecule has 1 aromatic heterocycles. The van der Waals surface area contributed by atoms with E-state index in [9.17, 15) is 14.7 Å². The second kappa shape index (κ2) is 5.34. The zero-order chi connectivity index (χ0) is 12.4. The molecule has 1 aliphatic carbocycles. The topological polar surface area (TPSA) is 75.1 Å². The fraction of sp³-hybridized carbons (Fsp3) is 0.636. The maximum absolute atomic E-state index is 11.6. The third-order valence-electron chi connectivity index (χ3n) is 3.45. The summed E-state index contributed by atoms with van der Waals surface area (Å²) in [5, 5.41) is 9.24. The maximum Gasteiger partial charge on any atom is 0.328 e. The number of halogens is 1.